The summed E-state index contributed by atoms with van der Waals surface area (Å²) in [4.78, 5) is 8.73. The van der Waals surface area contributed by atoms with Crippen molar-refractivity contribution in [2.24, 2.45) is 0 Å². The monoisotopic (exact) mass is 294 g/mol. The Morgan fingerprint density at radius 2 is 2.10 bits per heavy atom. The van der Waals surface area contributed by atoms with Crippen molar-refractivity contribution in [3.05, 3.63) is 64.9 Å². The molecule has 0 saturated heterocycles. The molecule has 0 aliphatic heterocycles. The summed E-state index contributed by atoms with van der Waals surface area (Å²) < 4.78 is 0. The SMILES string of the molecule is N#Cc1cc(NCc2ccccn2)nc2ccc(Cl)cc12. The molecule has 2 heterocycles. The lowest BCUT2D eigenvalue weighted by Crippen LogP contribution is -2.03. The fourth-order valence-electron chi connectivity index (χ4n) is 2.06. The summed E-state index contributed by atoms with van der Waals surface area (Å²) in [6, 6.07) is 15.0. The number of rotatable bonds is 3. The second-order valence-corrected chi connectivity index (χ2v) is 4.94. The number of anilines is 1. The Morgan fingerprint density at radius 1 is 1.19 bits per heavy atom. The molecule has 0 aliphatic rings. The van der Waals surface area contributed by atoms with Gasteiger partial charge in [-0.25, -0.2) is 4.98 Å². The lowest BCUT2D eigenvalue weighted by atomic mass is 10.1. The summed E-state index contributed by atoms with van der Waals surface area (Å²) in [5, 5.41) is 13.8. The van der Waals surface area contributed by atoms with Crippen molar-refractivity contribution in [1.29, 1.82) is 5.26 Å². The van der Waals surface area contributed by atoms with Gasteiger partial charge in [0.15, 0.2) is 0 Å². The van der Waals surface area contributed by atoms with Gasteiger partial charge in [-0.05, 0) is 36.4 Å². The van der Waals surface area contributed by atoms with E-state index in [1.165, 1.54) is 0 Å². The molecule has 1 N–H and O–H groups in total. The number of hydrogen-bond acceptors (Lipinski definition) is 4. The molecule has 0 bridgehead atoms. The highest BCUT2D eigenvalue weighted by Crippen LogP contribution is 2.23. The normalized spacial score (nSPS) is 10.3. The van der Waals surface area contributed by atoms with Crippen molar-refractivity contribution >= 4 is 28.3 Å². The number of pyridine rings is 2. The number of halogens is 1. The van der Waals surface area contributed by atoms with Crippen LogP contribution in [0.2, 0.25) is 5.02 Å². The topological polar surface area (TPSA) is 61.6 Å². The maximum absolute atomic E-state index is 9.28. The fraction of sp³-hybridized carbons (Fsp3) is 0.0625. The van der Waals surface area contributed by atoms with Crippen LogP contribution in [0, 0.1) is 11.3 Å². The van der Waals surface area contributed by atoms with Crippen molar-refractivity contribution in [1.82, 2.24) is 9.97 Å². The summed E-state index contributed by atoms with van der Waals surface area (Å²) in [7, 11) is 0. The van der Waals surface area contributed by atoms with Crippen LogP contribution in [0.1, 0.15) is 11.3 Å². The number of hydrogen-bond donors (Lipinski definition) is 1. The molecule has 0 saturated carbocycles. The summed E-state index contributed by atoms with van der Waals surface area (Å²) in [6.45, 7) is 0.553. The fourth-order valence-corrected chi connectivity index (χ4v) is 2.24. The maximum Gasteiger partial charge on any atom is 0.128 e. The van der Waals surface area contributed by atoms with Crippen LogP contribution >= 0.6 is 11.6 Å². The van der Waals surface area contributed by atoms with Crippen LogP contribution < -0.4 is 5.32 Å². The first-order valence-corrected chi connectivity index (χ1v) is 6.78. The Kier molecular flexibility index (Phi) is 3.67. The largest absolute Gasteiger partial charge is 0.364 e. The minimum atomic E-state index is 0.547. The van der Waals surface area contributed by atoms with Gasteiger partial charge in [-0.2, -0.15) is 5.26 Å². The maximum atomic E-state index is 9.28. The molecule has 0 fully saturated rings. The number of nitriles is 1. The molecule has 0 spiro atoms. The standard InChI is InChI=1S/C16H11ClN4/c17-12-4-5-15-14(8-12)11(9-18)7-16(21-15)20-10-13-3-1-2-6-19-13/h1-8H,10H2,(H,20,21). The van der Waals surface area contributed by atoms with Gasteiger partial charge in [-0.3, -0.25) is 4.98 Å². The first kappa shape index (κ1) is 13.3. The molecule has 0 atom stereocenters. The average Bonchev–Trinajstić information content (AvgIpc) is 2.53. The zero-order valence-corrected chi connectivity index (χ0v) is 11.8. The second-order valence-electron chi connectivity index (χ2n) is 4.50. The zero-order chi connectivity index (χ0) is 14.7. The Hall–Kier alpha value is -2.64. The van der Waals surface area contributed by atoms with E-state index in [2.05, 4.69) is 21.4 Å². The van der Waals surface area contributed by atoms with Gasteiger partial charge in [0.25, 0.3) is 0 Å². The summed E-state index contributed by atoms with van der Waals surface area (Å²) in [5.74, 6) is 0.645. The first-order valence-electron chi connectivity index (χ1n) is 6.40. The van der Waals surface area contributed by atoms with Crippen molar-refractivity contribution < 1.29 is 0 Å². The molecule has 21 heavy (non-hydrogen) atoms. The van der Waals surface area contributed by atoms with Crippen LogP contribution in [0.4, 0.5) is 5.82 Å². The summed E-state index contributed by atoms with van der Waals surface area (Å²) in [5.41, 5.74) is 2.20. The highest BCUT2D eigenvalue weighted by molar-refractivity contribution is 6.31. The molecule has 3 rings (SSSR count). The Bertz CT molecular complexity index is 825. The van der Waals surface area contributed by atoms with E-state index in [9.17, 15) is 5.26 Å². The number of benzene rings is 1. The Morgan fingerprint density at radius 3 is 2.86 bits per heavy atom. The van der Waals surface area contributed by atoms with E-state index in [0.29, 0.717) is 22.9 Å². The number of aromatic nitrogens is 2. The predicted molar refractivity (Wildman–Crippen MR) is 83.0 cm³/mol. The molecular formula is C16H11ClN4. The van der Waals surface area contributed by atoms with Gasteiger partial charge in [0, 0.05) is 16.6 Å². The minimum Gasteiger partial charge on any atom is -0.364 e. The van der Waals surface area contributed by atoms with Gasteiger partial charge in [-0.15, -0.1) is 0 Å². The van der Waals surface area contributed by atoms with Crippen molar-refractivity contribution in [2.75, 3.05) is 5.32 Å². The van der Waals surface area contributed by atoms with Crippen LogP contribution in [-0.4, -0.2) is 9.97 Å². The van der Waals surface area contributed by atoms with Crippen molar-refractivity contribution in [2.45, 2.75) is 6.54 Å². The molecule has 3 aromatic rings. The quantitative estimate of drug-likeness (QED) is 0.799. The second kappa shape index (κ2) is 5.78. The van der Waals surface area contributed by atoms with Crippen LogP contribution in [0.25, 0.3) is 10.9 Å². The predicted octanol–water partition coefficient (Wildman–Crippen LogP) is 3.77. The van der Waals surface area contributed by atoms with E-state index >= 15 is 0 Å². The van der Waals surface area contributed by atoms with Crippen LogP contribution in [0.5, 0.6) is 0 Å². The summed E-state index contributed by atoms with van der Waals surface area (Å²) >= 11 is 5.97. The molecule has 102 valence electrons. The van der Waals surface area contributed by atoms with Gasteiger partial charge in [0.2, 0.25) is 0 Å². The third kappa shape index (κ3) is 2.93. The van der Waals surface area contributed by atoms with Gasteiger partial charge in [-0.1, -0.05) is 17.7 Å². The number of nitrogens with zero attached hydrogens (tertiary/aromatic N) is 3. The Labute approximate surface area is 127 Å². The zero-order valence-electron chi connectivity index (χ0n) is 11.0. The average molecular weight is 295 g/mol. The molecule has 0 aliphatic carbocycles. The molecule has 0 amide bonds. The third-order valence-electron chi connectivity index (χ3n) is 3.07. The third-order valence-corrected chi connectivity index (χ3v) is 3.30. The molecule has 0 unspecified atom stereocenters. The van der Waals surface area contributed by atoms with E-state index < -0.39 is 0 Å². The van der Waals surface area contributed by atoms with Gasteiger partial charge >= 0.3 is 0 Å². The smallest absolute Gasteiger partial charge is 0.128 e. The highest BCUT2D eigenvalue weighted by atomic mass is 35.5. The van der Waals surface area contributed by atoms with Crippen LogP contribution in [0.15, 0.2) is 48.7 Å². The lowest BCUT2D eigenvalue weighted by Gasteiger charge is -2.08. The minimum absolute atomic E-state index is 0.547. The first-order chi connectivity index (χ1) is 10.3. The molecule has 4 nitrogen and oxygen atoms in total. The van der Waals surface area contributed by atoms with Crippen LogP contribution in [-0.2, 0) is 6.54 Å². The molecule has 1 aromatic carbocycles. The van der Waals surface area contributed by atoms with E-state index in [1.54, 1.807) is 24.4 Å². The van der Waals surface area contributed by atoms with Crippen molar-refractivity contribution in [3.8, 4) is 6.07 Å². The lowest BCUT2D eigenvalue weighted by molar-refractivity contribution is 1.03. The van der Waals surface area contributed by atoms with E-state index in [-0.39, 0.29) is 0 Å². The Balaban J connectivity index is 1.93. The number of nitrogens with one attached hydrogen (secondary N) is 1. The number of fused-ring (bicyclic) bond motifs is 1. The van der Waals surface area contributed by atoms with Crippen molar-refractivity contribution in [3.63, 3.8) is 0 Å². The molecular weight excluding hydrogens is 284 g/mol. The van der Waals surface area contributed by atoms with E-state index in [4.69, 9.17) is 11.6 Å². The van der Waals surface area contributed by atoms with Gasteiger partial charge < -0.3 is 5.32 Å². The van der Waals surface area contributed by atoms with Crippen LogP contribution in [0.3, 0.4) is 0 Å². The van der Waals surface area contributed by atoms with E-state index in [0.717, 1.165) is 16.6 Å². The molecule has 0 radical (unpaired) electrons. The highest BCUT2D eigenvalue weighted by Gasteiger charge is 2.06. The van der Waals surface area contributed by atoms with Gasteiger partial charge in [0.1, 0.15) is 5.82 Å². The molecule has 5 heteroatoms. The van der Waals surface area contributed by atoms with E-state index in [1.807, 2.05) is 24.3 Å². The molecule has 2 aromatic heterocycles. The van der Waals surface area contributed by atoms with Gasteiger partial charge in [0.05, 0.1) is 29.4 Å². The summed E-state index contributed by atoms with van der Waals surface area (Å²) in [6.07, 6.45) is 1.74.